The molecule has 0 aromatic carbocycles. The molecule has 0 aliphatic heterocycles. The molecule has 0 aliphatic rings. The van der Waals surface area contributed by atoms with E-state index in [1.54, 1.807) is 0 Å². The van der Waals surface area contributed by atoms with Gasteiger partial charge in [0, 0.05) is 6.42 Å². The summed E-state index contributed by atoms with van der Waals surface area (Å²) >= 11 is 0. The standard InChI is InChI=1S/C11H18O2/c1-4-5-6-10(11(12)13)8-7-9(2)3/h1,9-10H,5-8H2,2-3H3,(H,12,13). The predicted octanol–water partition coefficient (Wildman–Crippen LogP) is 2.54. The summed E-state index contributed by atoms with van der Waals surface area (Å²) in [6.07, 6.45) is 7.97. The quantitative estimate of drug-likeness (QED) is 0.641. The third kappa shape index (κ3) is 6.21. The smallest absolute Gasteiger partial charge is 0.306 e. The molecular weight excluding hydrogens is 164 g/mol. The van der Waals surface area contributed by atoms with Gasteiger partial charge in [-0.05, 0) is 18.8 Å². The van der Waals surface area contributed by atoms with Gasteiger partial charge in [0.15, 0.2) is 0 Å². The van der Waals surface area contributed by atoms with Gasteiger partial charge >= 0.3 is 5.97 Å². The van der Waals surface area contributed by atoms with E-state index < -0.39 is 5.97 Å². The van der Waals surface area contributed by atoms with Crippen molar-refractivity contribution >= 4 is 5.97 Å². The van der Waals surface area contributed by atoms with Gasteiger partial charge in [-0.3, -0.25) is 4.79 Å². The zero-order chi connectivity index (χ0) is 10.3. The molecule has 13 heavy (non-hydrogen) atoms. The Morgan fingerprint density at radius 1 is 1.38 bits per heavy atom. The van der Waals surface area contributed by atoms with Crippen molar-refractivity contribution < 1.29 is 9.90 Å². The average Bonchev–Trinajstić information content (AvgIpc) is 2.03. The third-order valence-electron chi connectivity index (χ3n) is 2.08. The molecular formula is C11H18O2. The Balaban J connectivity index is 3.82. The molecule has 0 aliphatic carbocycles. The van der Waals surface area contributed by atoms with Crippen molar-refractivity contribution in [1.29, 1.82) is 0 Å². The van der Waals surface area contributed by atoms with Crippen LogP contribution in [0, 0.1) is 24.2 Å². The van der Waals surface area contributed by atoms with E-state index in [-0.39, 0.29) is 5.92 Å². The van der Waals surface area contributed by atoms with Crippen molar-refractivity contribution in [3.05, 3.63) is 0 Å². The van der Waals surface area contributed by atoms with Crippen molar-refractivity contribution in [2.45, 2.75) is 39.5 Å². The third-order valence-corrected chi connectivity index (χ3v) is 2.08. The van der Waals surface area contributed by atoms with Crippen molar-refractivity contribution in [3.8, 4) is 12.3 Å². The van der Waals surface area contributed by atoms with Crippen LogP contribution in [-0.2, 0) is 4.79 Å². The highest BCUT2D eigenvalue weighted by Crippen LogP contribution is 2.17. The highest BCUT2D eigenvalue weighted by atomic mass is 16.4. The Morgan fingerprint density at radius 2 is 2.00 bits per heavy atom. The molecule has 74 valence electrons. The molecule has 2 heteroatoms. The lowest BCUT2D eigenvalue weighted by molar-refractivity contribution is -0.142. The first-order valence-electron chi connectivity index (χ1n) is 4.74. The molecule has 0 aromatic heterocycles. The van der Waals surface area contributed by atoms with Crippen LogP contribution in [0.15, 0.2) is 0 Å². The fourth-order valence-electron chi connectivity index (χ4n) is 1.18. The lowest BCUT2D eigenvalue weighted by atomic mass is 9.94. The Kier molecular flexibility index (Phi) is 6.05. The van der Waals surface area contributed by atoms with E-state index in [1.807, 2.05) is 0 Å². The number of carboxylic acids is 1. The van der Waals surface area contributed by atoms with Crippen LogP contribution < -0.4 is 0 Å². The first kappa shape index (κ1) is 12.0. The molecule has 0 saturated heterocycles. The van der Waals surface area contributed by atoms with Crippen LogP contribution in [-0.4, -0.2) is 11.1 Å². The van der Waals surface area contributed by atoms with Gasteiger partial charge in [-0.2, -0.15) is 0 Å². The highest BCUT2D eigenvalue weighted by Gasteiger charge is 2.16. The summed E-state index contributed by atoms with van der Waals surface area (Å²) in [4.78, 5) is 10.7. The Morgan fingerprint density at radius 3 is 2.38 bits per heavy atom. The number of aliphatic carboxylic acids is 1. The second-order valence-electron chi connectivity index (χ2n) is 3.75. The summed E-state index contributed by atoms with van der Waals surface area (Å²) in [5.41, 5.74) is 0. The minimum Gasteiger partial charge on any atom is -0.481 e. The maximum atomic E-state index is 10.7. The summed E-state index contributed by atoms with van der Waals surface area (Å²) in [5, 5.41) is 8.84. The minimum absolute atomic E-state index is 0.251. The van der Waals surface area contributed by atoms with Gasteiger partial charge in [-0.25, -0.2) is 0 Å². The van der Waals surface area contributed by atoms with Crippen LogP contribution in [0.4, 0.5) is 0 Å². The van der Waals surface area contributed by atoms with Crippen molar-refractivity contribution in [1.82, 2.24) is 0 Å². The van der Waals surface area contributed by atoms with Gasteiger partial charge in [-0.15, -0.1) is 12.3 Å². The largest absolute Gasteiger partial charge is 0.481 e. The summed E-state index contributed by atoms with van der Waals surface area (Å²) in [6, 6.07) is 0. The molecule has 1 N–H and O–H groups in total. The van der Waals surface area contributed by atoms with E-state index in [0.29, 0.717) is 18.8 Å². The van der Waals surface area contributed by atoms with Crippen LogP contribution >= 0.6 is 0 Å². The number of rotatable bonds is 6. The number of terminal acetylenes is 1. The van der Waals surface area contributed by atoms with Gasteiger partial charge < -0.3 is 5.11 Å². The number of carboxylic acid groups (broad SMARTS) is 1. The lowest BCUT2D eigenvalue weighted by Gasteiger charge is -2.11. The normalized spacial score (nSPS) is 12.5. The van der Waals surface area contributed by atoms with Gasteiger partial charge in [-0.1, -0.05) is 20.3 Å². The number of hydrogen-bond donors (Lipinski definition) is 1. The topological polar surface area (TPSA) is 37.3 Å². The van der Waals surface area contributed by atoms with E-state index in [1.165, 1.54) is 0 Å². The summed E-state index contributed by atoms with van der Waals surface area (Å²) < 4.78 is 0. The average molecular weight is 182 g/mol. The van der Waals surface area contributed by atoms with Gasteiger partial charge in [0.25, 0.3) is 0 Å². The maximum absolute atomic E-state index is 10.7. The van der Waals surface area contributed by atoms with Crippen molar-refractivity contribution in [2.24, 2.45) is 11.8 Å². The van der Waals surface area contributed by atoms with Crippen LogP contribution in [0.2, 0.25) is 0 Å². The highest BCUT2D eigenvalue weighted by molar-refractivity contribution is 5.69. The van der Waals surface area contributed by atoms with E-state index in [0.717, 1.165) is 12.8 Å². The van der Waals surface area contributed by atoms with E-state index in [4.69, 9.17) is 11.5 Å². The first-order chi connectivity index (χ1) is 6.07. The Hall–Kier alpha value is -0.970. The van der Waals surface area contributed by atoms with Crippen LogP contribution in [0.1, 0.15) is 39.5 Å². The number of carbonyl (C=O) groups is 1. The molecule has 0 rings (SSSR count). The van der Waals surface area contributed by atoms with Crippen LogP contribution in [0.25, 0.3) is 0 Å². The fourth-order valence-corrected chi connectivity index (χ4v) is 1.18. The molecule has 0 bridgehead atoms. The zero-order valence-corrected chi connectivity index (χ0v) is 8.42. The maximum Gasteiger partial charge on any atom is 0.306 e. The van der Waals surface area contributed by atoms with Gasteiger partial charge in [0.2, 0.25) is 0 Å². The monoisotopic (exact) mass is 182 g/mol. The van der Waals surface area contributed by atoms with Gasteiger partial charge in [0.05, 0.1) is 5.92 Å². The molecule has 1 unspecified atom stereocenters. The first-order valence-corrected chi connectivity index (χ1v) is 4.74. The van der Waals surface area contributed by atoms with Crippen molar-refractivity contribution in [2.75, 3.05) is 0 Å². The van der Waals surface area contributed by atoms with E-state index in [9.17, 15) is 4.79 Å². The molecule has 2 nitrogen and oxygen atoms in total. The molecule has 1 atom stereocenters. The number of hydrogen-bond acceptors (Lipinski definition) is 1. The molecule has 0 fully saturated rings. The van der Waals surface area contributed by atoms with Crippen molar-refractivity contribution in [3.63, 3.8) is 0 Å². The summed E-state index contributed by atoms with van der Waals surface area (Å²) in [5.74, 6) is 2.08. The summed E-state index contributed by atoms with van der Waals surface area (Å²) in [6.45, 7) is 4.19. The molecule has 0 radical (unpaired) electrons. The molecule has 0 heterocycles. The molecule has 0 spiro atoms. The van der Waals surface area contributed by atoms with E-state index in [2.05, 4.69) is 19.8 Å². The molecule has 0 saturated carbocycles. The van der Waals surface area contributed by atoms with Crippen LogP contribution in [0.5, 0.6) is 0 Å². The Labute approximate surface area is 80.3 Å². The summed E-state index contributed by atoms with van der Waals surface area (Å²) in [7, 11) is 0. The predicted molar refractivity (Wildman–Crippen MR) is 53.3 cm³/mol. The lowest BCUT2D eigenvalue weighted by Crippen LogP contribution is -2.14. The van der Waals surface area contributed by atoms with E-state index >= 15 is 0 Å². The molecule has 0 aromatic rings. The minimum atomic E-state index is -0.712. The fraction of sp³-hybridized carbons (Fsp3) is 0.727. The van der Waals surface area contributed by atoms with Gasteiger partial charge in [0.1, 0.15) is 0 Å². The SMILES string of the molecule is C#CCCC(CCC(C)C)C(=O)O. The van der Waals surface area contributed by atoms with Crippen LogP contribution in [0.3, 0.4) is 0 Å². The Bertz CT molecular complexity index is 189. The zero-order valence-electron chi connectivity index (χ0n) is 8.42. The molecule has 0 amide bonds. The second-order valence-corrected chi connectivity index (χ2v) is 3.75. The second kappa shape index (κ2) is 6.54.